The summed E-state index contributed by atoms with van der Waals surface area (Å²) < 4.78 is 0. The van der Waals surface area contributed by atoms with Crippen LogP contribution in [0.25, 0.3) is 0 Å². The highest BCUT2D eigenvalue weighted by Gasteiger charge is 2.47. The lowest BCUT2D eigenvalue weighted by Gasteiger charge is -2.40. The van der Waals surface area contributed by atoms with E-state index in [2.05, 4.69) is 31.0 Å². The Morgan fingerprint density at radius 3 is 2.58 bits per heavy atom. The van der Waals surface area contributed by atoms with E-state index in [1.165, 1.54) is 25.9 Å². The van der Waals surface area contributed by atoms with Crippen LogP contribution in [0.2, 0.25) is 0 Å². The van der Waals surface area contributed by atoms with E-state index in [0.717, 1.165) is 0 Å². The maximum absolute atomic E-state index is 3.71. The largest absolute Gasteiger partial charge is 0.306 e. The van der Waals surface area contributed by atoms with Gasteiger partial charge in [0.1, 0.15) is 0 Å². The van der Waals surface area contributed by atoms with Crippen LogP contribution in [0, 0.1) is 0 Å². The minimum Gasteiger partial charge on any atom is -0.306 e. The zero-order valence-corrected chi connectivity index (χ0v) is 8.43. The van der Waals surface area contributed by atoms with Crippen molar-refractivity contribution in [3.05, 3.63) is 0 Å². The molecule has 1 saturated carbocycles. The summed E-state index contributed by atoms with van der Waals surface area (Å²) in [5, 5.41) is 3.71. The summed E-state index contributed by atoms with van der Waals surface area (Å²) in [6.45, 7) is 9.39. The van der Waals surface area contributed by atoms with Crippen LogP contribution >= 0.6 is 0 Å². The molecule has 2 nitrogen and oxygen atoms in total. The summed E-state index contributed by atoms with van der Waals surface area (Å²) >= 11 is 0. The molecular weight excluding hydrogens is 148 g/mol. The highest BCUT2D eigenvalue weighted by Crippen LogP contribution is 2.39. The molecule has 0 aromatic carbocycles. The van der Waals surface area contributed by atoms with Crippen molar-refractivity contribution in [1.29, 1.82) is 0 Å². The Morgan fingerprint density at radius 1 is 1.42 bits per heavy atom. The molecule has 1 N–H and O–H groups in total. The van der Waals surface area contributed by atoms with E-state index in [1.807, 2.05) is 0 Å². The molecule has 0 unspecified atom stereocenters. The Hall–Kier alpha value is -0.0800. The average molecular weight is 168 g/mol. The Bertz CT molecular complexity index is 173. The van der Waals surface area contributed by atoms with E-state index in [0.29, 0.717) is 17.6 Å². The predicted molar refractivity (Wildman–Crippen MR) is 51.3 cm³/mol. The first-order chi connectivity index (χ1) is 5.61. The fourth-order valence-electron chi connectivity index (χ4n) is 2.27. The number of nitrogens with one attached hydrogen (secondary N) is 1. The van der Waals surface area contributed by atoms with Crippen molar-refractivity contribution in [3.8, 4) is 0 Å². The van der Waals surface area contributed by atoms with E-state index >= 15 is 0 Å². The molecule has 0 aromatic heterocycles. The van der Waals surface area contributed by atoms with Gasteiger partial charge < -0.3 is 5.32 Å². The van der Waals surface area contributed by atoms with Crippen LogP contribution in [0.5, 0.6) is 0 Å². The van der Waals surface area contributed by atoms with Gasteiger partial charge in [-0.1, -0.05) is 0 Å². The summed E-state index contributed by atoms with van der Waals surface area (Å²) in [7, 11) is 0. The van der Waals surface area contributed by atoms with Gasteiger partial charge in [-0.25, -0.2) is 0 Å². The van der Waals surface area contributed by atoms with Gasteiger partial charge in [0.2, 0.25) is 0 Å². The van der Waals surface area contributed by atoms with Gasteiger partial charge in [-0.05, 0) is 33.6 Å². The minimum absolute atomic E-state index is 0.530. The molecule has 0 radical (unpaired) electrons. The van der Waals surface area contributed by atoms with E-state index in [-0.39, 0.29) is 0 Å². The third-order valence-electron chi connectivity index (χ3n) is 3.15. The SMILES string of the molecule is CC(C)N1C[C@H](C)NC2(CC2)C1. The fourth-order valence-corrected chi connectivity index (χ4v) is 2.27. The highest BCUT2D eigenvalue weighted by atomic mass is 15.3. The van der Waals surface area contributed by atoms with Crippen molar-refractivity contribution in [1.82, 2.24) is 10.2 Å². The van der Waals surface area contributed by atoms with Crippen molar-refractivity contribution in [2.45, 2.75) is 51.2 Å². The van der Waals surface area contributed by atoms with Crippen LogP contribution in [-0.2, 0) is 0 Å². The number of nitrogens with zero attached hydrogens (tertiary/aromatic N) is 1. The molecule has 70 valence electrons. The summed E-state index contributed by atoms with van der Waals surface area (Å²) in [6.07, 6.45) is 2.78. The lowest BCUT2D eigenvalue weighted by Crippen LogP contribution is -2.58. The molecule has 2 heteroatoms. The fraction of sp³-hybridized carbons (Fsp3) is 1.00. The van der Waals surface area contributed by atoms with Crippen LogP contribution < -0.4 is 5.32 Å². The monoisotopic (exact) mass is 168 g/mol. The second kappa shape index (κ2) is 2.71. The molecule has 12 heavy (non-hydrogen) atoms. The Morgan fingerprint density at radius 2 is 2.08 bits per heavy atom. The van der Waals surface area contributed by atoms with Crippen LogP contribution in [0.15, 0.2) is 0 Å². The first-order valence-electron chi connectivity index (χ1n) is 5.13. The summed E-state index contributed by atoms with van der Waals surface area (Å²) in [5.74, 6) is 0. The standard InChI is InChI=1S/C10H20N2/c1-8(2)12-6-9(3)11-10(7-12)4-5-10/h8-9,11H,4-7H2,1-3H3/t9-/m0/s1. The molecule has 2 rings (SSSR count). The Labute approximate surface area is 75.3 Å². The lowest BCUT2D eigenvalue weighted by molar-refractivity contribution is 0.124. The maximum Gasteiger partial charge on any atom is 0.0313 e. The molecule has 1 spiro atoms. The Balaban J connectivity index is 1.99. The molecular formula is C10H20N2. The van der Waals surface area contributed by atoms with Gasteiger partial charge in [-0.15, -0.1) is 0 Å². The third-order valence-corrected chi connectivity index (χ3v) is 3.15. The first kappa shape index (κ1) is 8.52. The lowest BCUT2D eigenvalue weighted by atomic mass is 10.1. The van der Waals surface area contributed by atoms with Gasteiger partial charge in [-0.3, -0.25) is 4.90 Å². The van der Waals surface area contributed by atoms with Crippen molar-refractivity contribution in [2.24, 2.45) is 0 Å². The van der Waals surface area contributed by atoms with Crippen LogP contribution in [0.1, 0.15) is 33.6 Å². The molecule has 1 saturated heterocycles. The van der Waals surface area contributed by atoms with Gasteiger partial charge in [0.05, 0.1) is 0 Å². The van der Waals surface area contributed by atoms with Crippen LogP contribution in [-0.4, -0.2) is 35.6 Å². The first-order valence-corrected chi connectivity index (χ1v) is 5.13. The Kier molecular flexibility index (Phi) is 1.92. The zero-order valence-electron chi connectivity index (χ0n) is 8.43. The van der Waals surface area contributed by atoms with Crippen molar-refractivity contribution >= 4 is 0 Å². The molecule has 0 amide bonds. The van der Waals surface area contributed by atoms with Gasteiger partial charge in [0, 0.05) is 30.7 Å². The topological polar surface area (TPSA) is 15.3 Å². The molecule has 1 aliphatic carbocycles. The van der Waals surface area contributed by atoms with E-state index < -0.39 is 0 Å². The smallest absolute Gasteiger partial charge is 0.0313 e. The van der Waals surface area contributed by atoms with E-state index in [4.69, 9.17) is 0 Å². The number of hydrogen-bond acceptors (Lipinski definition) is 2. The molecule has 2 fully saturated rings. The zero-order chi connectivity index (χ0) is 8.77. The number of hydrogen-bond donors (Lipinski definition) is 1. The molecule has 2 aliphatic rings. The van der Waals surface area contributed by atoms with Gasteiger partial charge in [-0.2, -0.15) is 0 Å². The summed E-state index contributed by atoms with van der Waals surface area (Å²) in [5.41, 5.74) is 0.530. The molecule has 0 aromatic rings. The molecule has 1 aliphatic heterocycles. The van der Waals surface area contributed by atoms with Crippen molar-refractivity contribution < 1.29 is 0 Å². The second-order valence-electron chi connectivity index (χ2n) is 4.85. The normalized spacial score (nSPS) is 34.5. The van der Waals surface area contributed by atoms with Gasteiger partial charge in [0.25, 0.3) is 0 Å². The summed E-state index contributed by atoms with van der Waals surface area (Å²) in [4.78, 5) is 2.61. The van der Waals surface area contributed by atoms with Gasteiger partial charge in [0.15, 0.2) is 0 Å². The average Bonchev–Trinajstić information content (AvgIpc) is 2.67. The maximum atomic E-state index is 3.71. The van der Waals surface area contributed by atoms with Crippen LogP contribution in [0.3, 0.4) is 0 Å². The third kappa shape index (κ3) is 1.50. The molecule has 1 atom stereocenters. The second-order valence-corrected chi connectivity index (χ2v) is 4.85. The molecule has 0 bridgehead atoms. The van der Waals surface area contributed by atoms with Crippen LogP contribution in [0.4, 0.5) is 0 Å². The van der Waals surface area contributed by atoms with E-state index in [9.17, 15) is 0 Å². The van der Waals surface area contributed by atoms with Crippen molar-refractivity contribution in [3.63, 3.8) is 0 Å². The number of piperazine rings is 1. The summed E-state index contributed by atoms with van der Waals surface area (Å²) in [6, 6.07) is 1.40. The van der Waals surface area contributed by atoms with Crippen molar-refractivity contribution in [2.75, 3.05) is 13.1 Å². The van der Waals surface area contributed by atoms with Gasteiger partial charge >= 0.3 is 0 Å². The minimum atomic E-state index is 0.530. The number of rotatable bonds is 1. The highest BCUT2D eigenvalue weighted by molar-refractivity contribution is 5.08. The molecule has 1 heterocycles. The van der Waals surface area contributed by atoms with E-state index in [1.54, 1.807) is 0 Å². The quantitative estimate of drug-likeness (QED) is 0.633. The predicted octanol–water partition coefficient (Wildman–Crippen LogP) is 1.22.